The van der Waals surface area contributed by atoms with E-state index in [9.17, 15) is 4.79 Å². The molecule has 0 bridgehead atoms. The van der Waals surface area contributed by atoms with Crippen molar-refractivity contribution >= 4 is 12.0 Å². The third-order valence-corrected chi connectivity index (χ3v) is 1.47. The molecule has 0 aliphatic rings. The van der Waals surface area contributed by atoms with E-state index in [0.29, 0.717) is 5.56 Å². The predicted octanol–water partition coefficient (Wildman–Crippen LogP) is 1.58. The zero-order valence-electron chi connectivity index (χ0n) is 6.45. The fourth-order valence-electron chi connectivity index (χ4n) is 0.733. The molecule has 0 saturated heterocycles. The van der Waals surface area contributed by atoms with Gasteiger partial charge in [0.25, 0.3) is 0 Å². The van der Waals surface area contributed by atoms with Crippen LogP contribution in [0.15, 0.2) is 19.0 Å². The Morgan fingerprint density at radius 2 is 2.64 bits per heavy atom. The summed E-state index contributed by atoms with van der Waals surface area (Å²) in [7, 11) is 0. The Labute approximate surface area is 65.3 Å². The molecule has 1 aromatic heterocycles. The van der Waals surface area contributed by atoms with Crippen molar-refractivity contribution in [3.05, 3.63) is 24.5 Å². The third-order valence-electron chi connectivity index (χ3n) is 1.47. The topological polar surface area (TPSA) is 34.9 Å². The van der Waals surface area contributed by atoms with Crippen molar-refractivity contribution in [2.45, 2.75) is 13.3 Å². The molecular formula is C8H10N2O. The van der Waals surface area contributed by atoms with E-state index in [1.54, 1.807) is 10.9 Å². The van der Waals surface area contributed by atoms with Crippen LogP contribution in [0.1, 0.15) is 23.7 Å². The highest BCUT2D eigenvalue weighted by atomic mass is 16.1. The first-order chi connectivity index (χ1) is 5.27. The van der Waals surface area contributed by atoms with Crippen molar-refractivity contribution in [3.63, 3.8) is 0 Å². The van der Waals surface area contributed by atoms with Crippen LogP contribution in [0, 0.1) is 0 Å². The molecule has 0 amide bonds. The molecule has 0 aliphatic carbocycles. The van der Waals surface area contributed by atoms with Gasteiger partial charge >= 0.3 is 0 Å². The number of allylic oxidation sites excluding steroid dienone is 1. The average Bonchev–Trinajstić information content (AvgIpc) is 2.50. The van der Waals surface area contributed by atoms with Gasteiger partial charge in [0.05, 0.1) is 11.8 Å². The van der Waals surface area contributed by atoms with Crippen molar-refractivity contribution in [3.8, 4) is 0 Å². The summed E-state index contributed by atoms with van der Waals surface area (Å²) in [5.41, 5.74) is 1.47. The molecule has 3 heteroatoms. The van der Waals surface area contributed by atoms with Gasteiger partial charge in [-0.3, -0.25) is 4.79 Å². The van der Waals surface area contributed by atoms with Crippen LogP contribution in [0.4, 0.5) is 0 Å². The zero-order chi connectivity index (χ0) is 8.27. The molecular weight excluding hydrogens is 140 g/mol. The van der Waals surface area contributed by atoms with Crippen LogP contribution in [-0.2, 0) is 0 Å². The summed E-state index contributed by atoms with van der Waals surface area (Å²) >= 11 is 0. The second-order valence-electron chi connectivity index (χ2n) is 2.26. The molecule has 0 radical (unpaired) electrons. The lowest BCUT2D eigenvalue weighted by atomic mass is 10.4. The number of rotatable bonds is 3. The van der Waals surface area contributed by atoms with Crippen molar-refractivity contribution in [2.75, 3.05) is 0 Å². The standard InChI is InChI=1S/C8H10N2O/c1-3-7(2)10-5-8(6-11)4-9-10/h4-6H,2-3H2,1H3. The first kappa shape index (κ1) is 7.72. The molecule has 0 N–H and O–H groups in total. The summed E-state index contributed by atoms with van der Waals surface area (Å²) in [6, 6.07) is 0. The third kappa shape index (κ3) is 1.55. The van der Waals surface area contributed by atoms with E-state index in [2.05, 4.69) is 11.7 Å². The van der Waals surface area contributed by atoms with Crippen LogP contribution in [0.3, 0.4) is 0 Å². The van der Waals surface area contributed by atoms with Crippen LogP contribution in [0.25, 0.3) is 5.70 Å². The fourth-order valence-corrected chi connectivity index (χ4v) is 0.733. The smallest absolute Gasteiger partial charge is 0.153 e. The van der Waals surface area contributed by atoms with E-state index in [1.807, 2.05) is 6.92 Å². The Balaban J connectivity index is 2.88. The minimum atomic E-state index is 0.583. The molecule has 0 atom stereocenters. The van der Waals surface area contributed by atoms with Crippen molar-refractivity contribution in [2.24, 2.45) is 0 Å². The van der Waals surface area contributed by atoms with Crippen LogP contribution in [0.5, 0.6) is 0 Å². The van der Waals surface area contributed by atoms with Crippen LogP contribution in [0.2, 0.25) is 0 Å². The molecule has 0 aliphatic heterocycles. The highest BCUT2D eigenvalue weighted by molar-refractivity contribution is 5.73. The molecule has 58 valence electrons. The van der Waals surface area contributed by atoms with Gasteiger partial charge in [0, 0.05) is 11.9 Å². The molecule has 1 aromatic rings. The zero-order valence-corrected chi connectivity index (χ0v) is 6.45. The summed E-state index contributed by atoms with van der Waals surface area (Å²) in [4.78, 5) is 10.2. The Bertz CT molecular complexity index is 275. The van der Waals surface area contributed by atoms with E-state index >= 15 is 0 Å². The first-order valence-electron chi connectivity index (χ1n) is 3.46. The van der Waals surface area contributed by atoms with E-state index in [1.165, 1.54) is 6.20 Å². The van der Waals surface area contributed by atoms with E-state index in [-0.39, 0.29) is 0 Å². The second-order valence-corrected chi connectivity index (χ2v) is 2.26. The van der Waals surface area contributed by atoms with Gasteiger partial charge in [-0.15, -0.1) is 0 Å². The highest BCUT2D eigenvalue weighted by Crippen LogP contribution is 2.04. The number of carbonyl (C=O) groups excluding carboxylic acids is 1. The van der Waals surface area contributed by atoms with E-state index < -0.39 is 0 Å². The number of nitrogens with zero attached hydrogens (tertiary/aromatic N) is 2. The fraction of sp³-hybridized carbons (Fsp3) is 0.250. The minimum Gasteiger partial charge on any atom is -0.298 e. The summed E-state index contributed by atoms with van der Waals surface area (Å²) in [5.74, 6) is 0. The second kappa shape index (κ2) is 3.14. The molecule has 11 heavy (non-hydrogen) atoms. The van der Waals surface area contributed by atoms with Gasteiger partial charge in [0.1, 0.15) is 0 Å². The van der Waals surface area contributed by atoms with Gasteiger partial charge < -0.3 is 0 Å². The average molecular weight is 150 g/mol. The predicted molar refractivity (Wildman–Crippen MR) is 43.2 cm³/mol. The lowest BCUT2D eigenvalue weighted by Gasteiger charge is -1.99. The number of hydrogen-bond donors (Lipinski definition) is 0. The largest absolute Gasteiger partial charge is 0.298 e. The maximum atomic E-state index is 10.2. The minimum absolute atomic E-state index is 0.583. The van der Waals surface area contributed by atoms with Crippen molar-refractivity contribution in [1.29, 1.82) is 0 Å². The number of aldehydes is 1. The van der Waals surface area contributed by atoms with Gasteiger partial charge in [-0.1, -0.05) is 13.5 Å². The molecule has 3 nitrogen and oxygen atoms in total. The quantitative estimate of drug-likeness (QED) is 0.613. The molecule has 0 unspecified atom stereocenters. The Morgan fingerprint density at radius 1 is 1.91 bits per heavy atom. The monoisotopic (exact) mass is 150 g/mol. The summed E-state index contributed by atoms with van der Waals surface area (Å²) in [6.07, 6.45) is 4.79. The lowest BCUT2D eigenvalue weighted by molar-refractivity contribution is 0.112. The highest BCUT2D eigenvalue weighted by Gasteiger charge is 1.97. The molecule has 0 saturated carbocycles. The van der Waals surface area contributed by atoms with Crippen molar-refractivity contribution in [1.82, 2.24) is 9.78 Å². The molecule has 1 rings (SSSR count). The SMILES string of the molecule is C=C(CC)n1cc(C=O)cn1. The Hall–Kier alpha value is -1.38. The van der Waals surface area contributed by atoms with Crippen LogP contribution in [-0.4, -0.2) is 16.1 Å². The first-order valence-corrected chi connectivity index (χ1v) is 3.46. The summed E-state index contributed by atoms with van der Waals surface area (Å²) < 4.78 is 1.61. The van der Waals surface area contributed by atoms with E-state index in [0.717, 1.165) is 18.4 Å². The number of aromatic nitrogens is 2. The Morgan fingerprint density at radius 3 is 3.09 bits per heavy atom. The maximum Gasteiger partial charge on any atom is 0.153 e. The number of carbonyl (C=O) groups is 1. The molecule has 1 heterocycles. The summed E-state index contributed by atoms with van der Waals surface area (Å²) in [6.45, 7) is 5.77. The van der Waals surface area contributed by atoms with Gasteiger partial charge in [-0.25, -0.2) is 4.68 Å². The lowest BCUT2D eigenvalue weighted by Crippen LogP contribution is -1.93. The van der Waals surface area contributed by atoms with E-state index in [4.69, 9.17) is 0 Å². The van der Waals surface area contributed by atoms with Crippen molar-refractivity contribution < 1.29 is 4.79 Å². The van der Waals surface area contributed by atoms with Gasteiger partial charge in [-0.2, -0.15) is 5.10 Å². The van der Waals surface area contributed by atoms with Crippen LogP contribution < -0.4 is 0 Å². The molecule has 0 spiro atoms. The normalized spacial score (nSPS) is 9.55. The van der Waals surface area contributed by atoms with Crippen LogP contribution >= 0.6 is 0 Å². The summed E-state index contributed by atoms with van der Waals surface area (Å²) in [5, 5.41) is 3.94. The van der Waals surface area contributed by atoms with Gasteiger partial charge in [0.2, 0.25) is 0 Å². The Kier molecular flexibility index (Phi) is 2.21. The molecule has 0 fully saturated rings. The van der Waals surface area contributed by atoms with Gasteiger partial charge in [-0.05, 0) is 6.42 Å². The number of hydrogen-bond acceptors (Lipinski definition) is 2. The maximum absolute atomic E-state index is 10.2. The van der Waals surface area contributed by atoms with Gasteiger partial charge in [0.15, 0.2) is 6.29 Å². The molecule has 0 aromatic carbocycles.